The first-order valence-corrected chi connectivity index (χ1v) is 9.15. The molecule has 1 aliphatic rings. The predicted octanol–water partition coefficient (Wildman–Crippen LogP) is 5.88. The summed E-state index contributed by atoms with van der Waals surface area (Å²) in [7, 11) is 1.61. The summed E-state index contributed by atoms with van der Waals surface area (Å²) in [5.41, 5.74) is 2.79. The van der Waals surface area contributed by atoms with Gasteiger partial charge in [-0.1, -0.05) is 31.9 Å². The molecule has 0 atom stereocenters. The van der Waals surface area contributed by atoms with Gasteiger partial charge in [-0.2, -0.15) is 0 Å². The highest BCUT2D eigenvalue weighted by Crippen LogP contribution is 2.33. The lowest BCUT2D eigenvalue weighted by atomic mass is 10.1. The molecule has 3 nitrogen and oxygen atoms in total. The summed E-state index contributed by atoms with van der Waals surface area (Å²) >= 11 is 0. The monoisotopic (exact) mass is 371 g/mol. The van der Waals surface area contributed by atoms with Crippen LogP contribution in [-0.4, -0.2) is 19.4 Å². The van der Waals surface area contributed by atoms with Crippen molar-refractivity contribution in [2.24, 2.45) is 4.99 Å². The average Bonchev–Trinajstić information content (AvgIpc) is 3.05. The molecule has 1 heterocycles. The van der Waals surface area contributed by atoms with Crippen molar-refractivity contribution in [1.82, 2.24) is 0 Å². The van der Waals surface area contributed by atoms with Crippen molar-refractivity contribution in [2.45, 2.75) is 32.6 Å². The summed E-state index contributed by atoms with van der Waals surface area (Å²) in [6.07, 6.45) is 7.45. The van der Waals surface area contributed by atoms with Gasteiger partial charge in [0, 0.05) is 23.8 Å². The molecule has 142 valence electrons. The van der Waals surface area contributed by atoms with E-state index in [1.807, 2.05) is 30.4 Å². The Labute approximate surface area is 158 Å². The zero-order valence-corrected chi connectivity index (χ0v) is 15.6. The molecule has 0 amide bonds. The quantitative estimate of drug-likeness (QED) is 0.542. The molecule has 0 saturated heterocycles. The van der Waals surface area contributed by atoms with Crippen molar-refractivity contribution < 1.29 is 18.3 Å². The number of fused-ring (bicyclic) bond motifs is 1. The zero-order valence-electron chi connectivity index (χ0n) is 15.6. The molecule has 0 bridgehead atoms. The van der Waals surface area contributed by atoms with Gasteiger partial charge in [-0.15, -0.1) is 0 Å². The summed E-state index contributed by atoms with van der Waals surface area (Å²) in [5, 5.41) is 0. The second-order valence-corrected chi connectivity index (χ2v) is 6.44. The van der Waals surface area contributed by atoms with Gasteiger partial charge in [-0.05, 0) is 36.3 Å². The van der Waals surface area contributed by atoms with Crippen LogP contribution in [0.3, 0.4) is 0 Å². The van der Waals surface area contributed by atoms with E-state index in [2.05, 4.69) is 11.9 Å². The van der Waals surface area contributed by atoms with Gasteiger partial charge in [0.2, 0.25) is 0 Å². The maximum atomic E-state index is 13.4. The number of hydrogen-bond acceptors (Lipinski definition) is 3. The largest absolute Gasteiger partial charge is 0.493 e. The van der Waals surface area contributed by atoms with Crippen molar-refractivity contribution in [3.63, 3.8) is 0 Å². The molecule has 0 aromatic heterocycles. The molecule has 0 unspecified atom stereocenters. The molecule has 2 aromatic carbocycles. The number of nitrogens with zero attached hydrogens (tertiary/aromatic N) is 1. The molecule has 0 saturated carbocycles. The van der Waals surface area contributed by atoms with E-state index in [9.17, 15) is 8.78 Å². The number of para-hydroxylation sites is 1. The molecule has 0 spiro atoms. The fraction of sp³-hybridized carbons (Fsp3) is 0.318. The highest BCUT2D eigenvalue weighted by Gasteiger charge is 2.17. The second kappa shape index (κ2) is 8.80. The highest BCUT2D eigenvalue weighted by molar-refractivity contribution is 6.04. The minimum Gasteiger partial charge on any atom is -0.493 e. The summed E-state index contributed by atoms with van der Waals surface area (Å²) in [4.78, 5) is 4.38. The van der Waals surface area contributed by atoms with Crippen molar-refractivity contribution in [3.8, 4) is 11.5 Å². The fourth-order valence-electron chi connectivity index (χ4n) is 3.00. The van der Waals surface area contributed by atoms with Crippen LogP contribution in [0.1, 0.15) is 37.3 Å². The normalized spacial score (nSPS) is 13.0. The number of ether oxygens (including phenoxy) is 2. The predicted molar refractivity (Wildman–Crippen MR) is 104 cm³/mol. The molecular formula is C22H23F2NO2. The van der Waals surface area contributed by atoms with Crippen LogP contribution in [0.4, 0.5) is 14.5 Å². The molecule has 1 aliphatic heterocycles. The number of allylic oxidation sites excluding steroid dienone is 1. The van der Waals surface area contributed by atoms with E-state index in [0.29, 0.717) is 35.8 Å². The Kier molecular flexibility index (Phi) is 6.22. The number of methoxy groups -OCH3 is 1. The van der Waals surface area contributed by atoms with Crippen molar-refractivity contribution in [3.05, 3.63) is 59.2 Å². The molecule has 27 heavy (non-hydrogen) atoms. The van der Waals surface area contributed by atoms with E-state index in [4.69, 9.17) is 9.47 Å². The minimum absolute atomic E-state index is 0.472. The fourth-order valence-corrected chi connectivity index (χ4v) is 3.00. The first-order valence-electron chi connectivity index (χ1n) is 9.15. The number of aliphatic imine (C=N–C) groups is 1. The summed E-state index contributed by atoms with van der Waals surface area (Å²) in [5.74, 6) is -0.349. The molecule has 0 fully saturated rings. The van der Waals surface area contributed by atoms with Crippen LogP contribution in [-0.2, 0) is 6.42 Å². The molecule has 0 N–H and O–H groups in total. The van der Waals surface area contributed by atoms with Crippen LogP contribution in [0, 0.1) is 11.6 Å². The summed E-state index contributed by atoms with van der Waals surface area (Å²) < 4.78 is 38.1. The van der Waals surface area contributed by atoms with Gasteiger partial charge in [-0.25, -0.2) is 8.78 Å². The van der Waals surface area contributed by atoms with Gasteiger partial charge in [0.25, 0.3) is 0 Å². The number of halogens is 2. The lowest BCUT2D eigenvalue weighted by molar-refractivity contribution is 0.285. The molecule has 3 rings (SSSR count). The topological polar surface area (TPSA) is 30.8 Å². The number of benzene rings is 2. The van der Waals surface area contributed by atoms with Crippen LogP contribution in [0.25, 0.3) is 6.08 Å². The Balaban J connectivity index is 1.78. The van der Waals surface area contributed by atoms with E-state index >= 15 is 0 Å². The molecule has 0 aliphatic carbocycles. The SMILES string of the molecule is CCCCCOc1c(/C=C/C2=Nc3cc(F)c(F)cc3C2)cccc1OC. The van der Waals surface area contributed by atoms with Crippen LogP contribution in [0.15, 0.2) is 41.4 Å². The van der Waals surface area contributed by atoms with Gasteiger partial charge in [0.1, 0.15) is 0 Å². The Morgan fingerprint density at radius 1 is 1.11 bits per heavy atom. The Bertz CT molecular complexity index is 875. The first kappa shape index (κ1) is 19.1. The Morgan fingerprint density at radius 2 is 1.93 bits per heavy atom. The molecule has 5 heteroatoms. The van der Waals surface area contributed by atoms with E-state index in [1.165, 1.54) is 6.07 Å². The maximum Gasteiger partial charge on any atom is 0.168 e. The van der Waals surface area contributed by atoms with Crippen LogP contribution in [0.5, 0.6) is 11.5 Å². The molecular weight excluding hydrogens is 348 g/mol. The van der Waals surface area contributed by atoms with Gasteiger partial charge < -0.3 is 9.47 Å². The van der Waals surface area contributed by atoms with Crippen LogP contribution in [0.2, 0.25) is 0 Å². The van der Waals surface area contributed by atoms with Gasteiger partial charge in [-0.3, -0.25) is 4.99 Å². The molecule has 2 aromatic rings. The second-order valence-electron chi connectivity index (χ2n) is 6.44. The smallest absolute Gasteiger partial charge is 0.168 e. The summed E-state index contributed by atoms with van der Waals surface area (Å²) in [6.45, 7) is 2.77. The number of unbranched alkanes of at least 4 members (excludes halogenated alkanes) is 2. The first-order chi connectivity index (χ1) is 13.1. The van der Waals surface area contributed by atoms with E-state index in [-0.39, 0.29) is 0 Å². The van der Waals surface area contributed by atoms with E-state index < -0.39 is 11.6 Å². The average molecular weight is 371 g/mol. The van der Waals surface area contributed by atoms with Gasteiger partial charge in [0.15, 0.2) is 23.1 Å². The highest BCUT2D eigenvalue weighted by atomic mass is 19.2. The minimum atomic E-state index is -0.877. The van der Waals surface area contributed by atoms with E-state index in [0.717, 1.165) is 36.6 Å². The van der Waals surface area contributed by atoms with Gasteiger partial charge in [0.05, 0.1) is 19.4 Å². The third kappa shape index (κ3) is 4.54. The maximum absolute atomic E-state index is 13.4. The lowest BCUT2D eigenvalue weighted by Crippen LogP contribution is -2.01. The number of rotatable bonds is 8. The van der Waals surface area contributed by atoms with E-state index in [1.54, 1.807) is 7.11 Å². The zero-order chi connectivity index (χ0) is 19.2. The van der Waals surface area contributed by atoms with Crippen molar-refractivity contribution >= 4 is 17.5 Å². The Hall–Kier alpha value is -2.69. The third-order valence-corrected chi connectivity index (χ3v) is 4.44. The standard InChI is InChI=1S/C22H23F2NO2/c1-3-4-5-11-27-22-15(7-6-8-21(22)26-2)9-10-17-12-16-13-18(23)19(24)14-20(16)25-17/h6-10,13-14H,3-5,11-12H2,1-2H3/b10-9+. The van der Waals surface area contributed by atoms with Crippen molar-refractivity contribution in [1.29, 1.82) is 0 Å². The van der Waals surface area contributed by atoms with Gasteiger partial charge >= 0.3 is 0 Å². The number of hydrogen-bond donors (Lipinski definition) is 0. The third-order valence-electron chi connectivity index (χ3n) is 4.44. The Morgan fingerprint density at radius 3 is 2.70 bits per heavy atom. The lowest BCUT2D eigenvalue weighted by Gasteiger charge is -2.13. The van der Waals surface area contributed by atoms with Crippen molar-refractivity contribution in [2.75, 3.05) is 13.7 Å². The molecule has 0 radical (unpaired) electrons. The summed E-state index contributed by atoms with van der Waals surface area (Å²) in [6, 6.07) is 8.05. The van der Waals surface area contributed by atoms with Crippen LogP contribution >= 0.6 is 0 Å². The van der Waals surface area contributed by atoms with Crippen LogP contribution < -0.4 is 9.47 Å².